The van der Waals surface area contributed by atoms with Crippen molar-refractivity contribution in [2.45, 2.75) is 32.1 Å². The van der Waals surface area contributed by atoms with Crippen molar-refractivity contribution in [3.8, 4) is 5.75 Å². The normalized spacial score (nSPS) is 18.0. The number of carbonyl (C=O) groups is 2. The summed E-state index contributed by atoms with van der Waals surface area (Å²) in [4.78, 5) is 26.5. The van der Waals surface area contributed by atoms with Crippen LogP contribution < -0.4 is 9.64 Å². The molecule has 2 amide bonds. The summed E-state index contributed by atoms with van der Waals surface area (Å²) in [6.45, 7) is 0.547. The Balaban J connectivity index is 1.89. The molecule has 1 aromatic carbocycles. The fraction of sp³-hybridized carbons (Fsp3) is 0.412. The van der Waals surface area contributed by atoms with Gasteiger partial charge in [0, 0.05) is 16.5 Å². The average molecular weight is 364 g/mol. The molecule has 0 bridgehead atoms. The maximum Gasteiger partial charge on any atom is 0.261 e. The van der Waals surface area contributed by atoms with Crippen LogP contribution in [0.1, 0.15) is 32.1 Å². The van der Waals surface area contributed by atoms with Gasteiger partial charge < -0.3 is 4.74 Å². The van der Waals surface area contributed by atoms with E-state index in [0.717, 1.165) is 24.6 Å². The van der Waals surface area contributed by atoms with Gasteiger partial charge in [0.05, 0.1) is 12.3 Å². The lowest BCUT2D eigenvalue weighted by Crippen LogP contribution is -2.32. The Bertz CT molecular complexity index is 611. The zero-order valence-corrected chi connectivity index (χ0v) is 13.9. The number of hydrogen-bond acceptors (Lipinski definition) is 3. The highest BCUT2D eigenvalue weighted by atomic mass is 79.9. The predicted octanol–water partition coefficient (Wildman–Crippen LogP) is 3.59. The van der Waals surface area contributed by atoms with Crippen LogP contribution in [0.5, 0.6) is 5.75 Å². The first kappa shape index (κ1) is 15.3. The van der Waals surface area contributed by atoms with Crippen LogP contribution in [0, 0.1) is 0 Å². The van der Waals surface area contributed by atoms with Crippen molar-refractivity contribution in [2.75, 3.05) is 16.8 Å². The van der Waals surface area contributed by atoms with E-state index in [4.69, 9.17) is 4.74 Å². The minimum atomic E-state index is -0.170. The monoisotopic (exact) mass is 363 g/mol. The first-order chi connectivity index (χ1) is 10.7. The molecule has 1 heterocycles. The number of carbonyl (C=O) groups excluding carboxylic acids is 2. The number of halogens is 1. The Morgan fingerprint density at radius 2 is 1.68 bits per heavy atom. The van der Waals surface area contributed by atoms with Crippen LogP contribution in [0.4, 0.5) is 5.69 Å². The molecule has 0 fully saturated rings. The summed E-state index contributed by atoms with van der Waals surface area (Å²) in [5.41, 5.74) is 1.96. The minimum absolute atomic E-state index is 0.170. The molecular weight excluding hydrogens is 346 g/mol. The van der Waals surface area contributed by atoms with E-state index in [9.17, 15) is 9.59 Å². The van der Waals surface area contributed by atoms with Gasteiger partial charge in [-0.2, -0.15) is 0 Å². The Labute approximate surface area is 138 Å². The molecule has 1 aromatic rings. The molecule has 4 nitrogen and oxygen atoms in total. The molecular formula is C17H18BrNO3. The molecule has 3 rings (SSSR count). The molecule has 0 atom stereocenters. The number of para-hydroxylation sites is 2. The number of imide groups is 1. The summed E-state index contributed by atoms with van der Waals surface area (Å²) < 4.78 is 5.75. The first-order valence-electron chi connectivity index (χ1n) is 7.62. The van der Waals surface area contributed by atoms with Crippen molar-refractivity contribution in [3.05, 3.63) is 35.4 Å². The summed E-state index contributed by atoms with van der Waals surface area (Å²) in [6.07, 6.45) is 4.25. The molecule has 0 radical (unpaired) electrons. The number of ether oxygens (including phenoxy) is 1. The van der Waals surface area contributed by atoms with Gasteiger partial charge in [-0.1, -0.05) is 28.1 Å². The standard InChI is InChI=1S/C17H18BrNO3/c18-10-5-11-22-15-9-4-3-8-14(15)19-16(20)12-6-1-2-7-13(12)17(19)21/h3-4,8-9H,1-2,5-7,10-11H2. The SMILES string of the molecule is O=C1C2=C(CCCC2)C(=O)N1c1ccccc1OCCCBr. The van der Waals surface area contributed by atoms with E-state index in [1.54, 1.807) is 12.1 Å². The first-order valence-corrected chi connectivity index (χ1v) is 8.75. The molecule has 0 N–H and O–H groups in total. The van der Waals surface area contributed by atoms with Gasteiger partial charge in [-0.15, -0.1) is 0 Å². The van der Waals surface area contributed by atoms with Gasteiger partial charge in [0.25, 0.3) is 11.8 Å². The molecule has 2 aliphatic rings. The lowest BCUT2D eigenvalue weighted by atomic mass is 9.93. The number of amides is 2. The summed E-state index contributed by atoms with van der Waals surface area (Å²) in [5.74, 6) is 0.248. The van der Waals surface area contributed by atoms with Crippen LogP contribution in [0.15, 0.2) is 35.4 Å². The zero-order chi connectivity index (χ0) is 15.5. The second-order valence-electron chi connectivity index (χ2n) is 5.47. The maximum absolute atomic E-state index is 12.6. The topological polar surface area (TPSA) is 46.6 Å². The molecule has 0 unspecified atom stereocenters. The van der Waals surface area contributed by atoms with Crippen molar-refractivity contribution < 1.29 is 14.3 Å². The highest BCUT2D eigenvalue weighted by Gasteiger charge is 2.40. The number of nitrogens with zero attached hydrogens (tertiary/aromatic N) is 1. The van der Waals surface area contributed by atoms with Gasteiger partial charge in [-0.05, 0) is 44.2 Å². The van der Waals surface area contributed by atoms with Crippen molar-refractivity contribution in [2.24, 2.45) is 0 Å². The van der Waals surface area contributed by atoms with Crippen LogP contribution >= 0.6 is 15.9 Å². The van der Waals surface area contributed by atoms with Crippen molar-refractivity contribution in [3.63, 3.8) is 0 Å². The number of hydrogen-bond donors (Lipinski definition) is 0. The smallest absolute Gasteiger partial charge is 0.261 e. The highest BCUT2D eigenvalue weighted by Crippen LogP contribution is 2.38. The number of benzene rings is 1. The minimum Gasteiger partial charge on any atom is -0.491 e. The molecule has 1 aliphatic carbocycles. The van der Waals surface area contributed by atoms with E-state index in [-0.39, 0.29) is 11.8 Å². The Morgan fingerprint density at radius 3 is 2.32 bits per heavy atom. The van der Waals surface area contributed by atoms with E-state index < -0.39 is 0 Å². The van der Waals surface area contributed by atoms with Crippen molar-refractivity contribution in [1.82, 2.24) is 0 Å². The lowest BCUT2D eigenvalue weighted by molar-refractivity contribution is -0.120. The zero-order valence-electron chi connectivity index (χ0n) is 12.3. The molecule has 0 spiro atoms. The Hall–Kier alpha value is -1.62. The van der Waals surface area contributed by atoms with Crippen molar-refractivity contribution >= 4 is 33.4 Å². The lowest BCUT2D eigenvalue weighted by Gasteiger charge is -2.19. The third-order valence-electron chi connectivity index (χ3n) is 4.03. The van der Waals surface area contributed by atoms with E-state index >= 15 is 0 Å². The molecule has 1 aliphatic heterocycles. The quantitative estimate of drug-likeness (QED) is 0.456. The van der Waals surface area contributed by atoms with E-state index in [1.807, 2.05) is 12.1 Å². The van der Waals surface area contributed by atoms with Crippen LogP contribution in [-0.2, 0) is 9.59 Å². The summed E-state index contributed by atoms with van der Waals surface area (Å²) in [5, 5.41) is 0.854. The number of anilines is 1. The second-order valence-corrected chi connectivity index (χ2v) is 6.26. The van der Waals surface area contributed by atoms with Gasteiger partial charge in [-0.3, -0.25) is 9.59 Å². The Morgan fingerprint density at radius 1 is 1.05 bits per heavy atom. The van der Waals surface area contributed by atoms with Crippen molar-refractivity contribution in [1.29, 1.82) is 0 Å². The average Bonchev–Trinajstić information content (AvgIpc) is 2.80. The number of rotatable bonds is 5. The van der Waals surface area contributed by atoms with Gasteiger partial charge in [0.15, 0.2) is 0 Å². The van der Waals surface area contributed by atoms with Gasteiger partial charge in [-0.25, -0.2) is 4.90 Å². The van der Waals surface area contributed by atoms with E-state index in [2.05, 4.69) is 15.9 Å². The third-order valence-corrected chi connectivity index (χ3v) is 4.59. The maximum atomic E-state index is 12.6. The van der Waals surface area contributed by atoms with Crippen LogP contribution in [-0.4, -0.2) is 23.8 Å². The molecule has 116 valence electrons. The largest absolute Gasteiger partial charge is 0.491 e. The predicted molar refractivity (Wildman–Crippen MR) is 88.3 cm³/mol. The molecule has 5 heteroatoms. The number of alkyl halides is 1. The van der Waals surface area contributed by atoms with Crippen LogP contribution in [0.3, 0.4) is 0 Å². The van der Waals surface area contributed by atoms with Gasteiger partial charge >= 0.3 is 0 Å². The van der Waals surface area contributed by atoms with E-state index in [0.29, 0.717) is 42.0 Å². The summed E-state index contributed by atoms with van der Waals surface area (Å²) in [6, 6.07) is 7.26. The second kappa shape index (κ2) is 6.65. The Kier molecular flexibility index (Phi) is 4.62. The van der Waals surface area contributed by atoms with Gasteiger partial charge in [0.2, 0.25) is 0 Å². The fourth-order valence-electron chi connectivity index (χ4n) is 2.96. The van der Waals surface area contributed by atoms with E-state index in [1.165, 1.54) is 4.90 Å². The van der Waals surface area contributed by atoms with Gasteiger partial charge in [0.1, 0.15) is 5.75 Å². The molecule has 0 saturated heterocycles. The summed E-state index contributed by atoms with van der Waals surface area (Å²) in [7, 11) is 0. The summed E-state index contributed by atoms with van der Waals surface area (Å²) >= 11 is 3.36. The highest BCUT2D eigenvalue weighted by molar-refractivity contribution is 9.09. The molecule has 0 saturated carbocycles. The fourth-order valence-corrected chi connectivity index (χ4v) is 3.19. The molecule has 0 aromatic heterocycles. The van der Waals surface area contributed by atoms with Crippen LogP contribution in [0.25, 0.3) is 0 Å². The van der Waals surface area contributed by atoms with Crippen LogP contribution in [0.2, 0.25) is 0 Å². The molecule has 22 heavy (non-hydrogen) atoms. The third kappa shape index (κ3) is 2.70.